The Morgan fingerprint density at radius 3 is 1.01 bits per heavy atom. The number of unbranched alkanes of at least 4 members (excludes halogenated alkanes) is 3. The summed E-state index contributed by atoms with van der Waals surface area (Å²) in [5, 5.41) is 97.6. The zero-order chi connectivity index (χ0) is 65.0. The van der Waals surface area contributed by atoms with E-state index in [-0.39, 0.29) is 152 Å². The molecule has 0 spiro atoms. The maximum absolute atomic E-state index is 13.1. The Hall–Kier alpha value is -3.30. The number of hydrogen-bond donors (Lipinski definition) is 12. The zero-order valence-electron chi connectivity index (χ0n) is 52.7. The molecule has 0 saturated carbocycles. The molecule has 12 N–H and O–H groups in total. The number of hydrogen-bond acceptors (Lipinski definition) is 24. The Morgan fingerprint density at radius 2 is 0.716 bits per heavy atom. The Kier molecular flexibility index (Phi) is 39.7. The van der Waals surface area contributed by atoms with Crippen LogP contribution in [0.2, 0.25) is 0 Å². The van der Waals surface area contributed by atoms with Gasteiger partial charge in [-0.25, -0.2) is 0 Å². The maximum atomic E-state index is 13.1. The van der Waals surface area contributed by atoms with Gasteiger partial charge in [-0.1, -0.05) is 34.6 Å². The monoisotopic (exact) mass is 1270 g/mol. The van der Waals surface area contributed by atoms with Crippen molar-refractivity contribution in [2.45, 2.75) is 236 Å². The fourth-order valence-corrected chi connectivity index (χ4v) is 10.5. The van der Waals surface area contributed by atoms with E-state index in [1.54, 1.807) is 20.8 Å². The molecule has 3 heterocycles. The molecule has 0 aliphatic carbocycles. The molecule has 0 radical (unpaired) electrons. The molecule has 15 atom stereocenters. The van der Waals surface area contributed by atoms with Crippen LogP contribution in [-0.2, 0) is 71.4 Å². The van der Waals surface area contributed by atoms with Crippen LogP contribution in [0.15, 0.2) is 0 Å². The highest BCUT2D eigenvalue weighted by molar-refractivity contribution is 5.80. The number of aliphatic hydroxyl groups excluding tert-OH is 9. The second-order valence-electron chi connectivity index (χ2n) is 24.1. The predicted molar refractivity (Wildman–Crippen MR) is 316 cm³/mol. The summed E-state index contributed by atoms with van der Waals surface area (Å²) >= 11 is 0. The summed E-state index contributed by atoms with van der Waals surface area (Å²) in [5.41, 5.74) is -1.03. The SMILES string of the molecule is CC(C)CC(COCCC(=O)CCCNC(=O)CCCCO[C@@H]1OC(CO)[C@H](O)[C@H](O)C1C)(COCCC(=O)CCCNC(=O)CCCCO[C@@H]1OC(CO)[C@H](O)[C@H](O)C1C)OCCC(=O)CCCNC(=O)CCCCO[C@@H]1OC(CO)[C@H](O)[C@H](O)C1C. The molecule has 3 amide bonds. The summed E-state index contributed by atoms with van der Waals surface area (Å²) in [5.74, 6) is -2.16. The van der Waals surface area contributed by atoms with Crippen molar-refractivity contribution in [3.05, 3.63) is 0 Å². The number of carbonyl (C=O) groups excluding carboxylic acids is 6. The first kappa shape index (κ1) is 78.9. The molecule has 27 heteroatoms. The Labute approximate surface area is 518 Å². The number of aliphatic hydroxyl groups is 9. The summed E-state index contributed by atoms with van der Waals surface area (Å²) in [7, 11) is 0. The highest BCUT2D eigenvalue weighted by Crippen LogP contribution is 2.30. The van der Waals surface area contributed by atoms with Crippen molar-refractivity contribution >= 4 is 35.1 Å². The fraction of sp³-hybridized carbons (Fsp3) is 0.902. The molecule has 88 heavy (non-hydrogen) atoms. The predicted octanol–water partition coefficient (Wildman–Crippen LogP) is 0.174. The van der Waals surface area contributed by atoms with E-state index in [2.05, 4.69) is 16.0 Å². The number of Topliss-reactive ketones (excluding diaryl/α,β-unsaturated/α-hetero) is 3. The van der Waals surface area contributed by atoms with Crippen LogP contribution in [0.3, 0.4) is 0 Å². The minimum atomic E-state index is -1.22. The highest BCUT2D eigenvalue weighted by atomic mass is 16.7. The second-order valence-corrected chi connectivity index (χ2v) is 24.1. The minimum absolute atomic E-state index is 0.0345. The lowest BCUT2D eigenvalue weighted by Gasteiger charge is -2.40. The Balaban J connectivity index is 1.39. The van der Waals surface area contributed by atoms with Crippen LogP contribution >= 0.6 is 0 Å². The smallest absolute Gasteiger partial charge is 0.219 e. The summed E-state index contributed by atoms with van der Waals surface area (Å²) in [6.45, 7) is 9.59. The number of rotatable bonds is 49. The first-order valence-corrected chi connectivity index (χ1v) is 31.9. The molecule has 3 fully saturated rings. The first-order valence-electron chi connectivity index (χ1n) is 31.9. The van der Waals surface area contributed by atoms with E-state index in [0.717, 1.165) is 0 Å². The largest absolute Gasteiger partial charge is 0.394 e. The van der Waals surface area contributed by atoms with E-state index < -0.39 is 117 Å². The molecule has 0 aromatic rings. The van der Waals surface area contributed by atoms with Crippen LogP contribution in [0.1, 0.15) is 157 Å². The van der Waals surface area contributed by atoms with Gasteiger partial charge in [0.25, 0.3) is 0 Å². The molecule has 512 valence electrons. The van der Waals surface area contributed by atoms with Crippen molar-refractivity contribution in [3.63, 3.8) is 0 Å². The van der Waals surface area contributed by atoms with Crippen LogP contribution in [0.5, 0.6) is 0 Å². The van der Waals surface area contributed by atoms with Crippen molar-refractivity contribution in [2.24, 2.45) is 23.7 Å². The second kappa shape index (κ2) is 44.3. The molecule has 27 nitrogen and oxygen atoms in total. The Bertz CT molecular complexity index is 1880. The van der Waals surface area contributed by atoms with Gasteiger partial charge in [-0.2, -0.15) is 0 Å². The fourth-order valence-electron chi connectivity index (χ4n) is 10.5. The highest BCUT2D eigenvalue weighted by Gasteiger charge is 2.45. The van der Waals surface area contributed by atoms with Crippen molar-refractivity contribution in [3.8, 4) is 0 Å². The maximum Gasteiger partial charge on any atom is 0.219 e. The van der Waals surface area contributed by atoms with Gasteiger partial charge in [0, 0.05) is 115 Å². The van der Waals surface area contributed by atoms with Crippen molar-refractivity contribution in [1.82, 2.24) is 16.0 Å². The van der Waals surface area contributed by atoms with Crippen LogP contribution in [0.25, 0.3) is 0 Å². The van der Waals surface area contributed by atoms with E-state index in [9.17, 15) is 74.7 Å². The van der Waals surface area contributed by atoms with E-state index in [0.29, 0.717) is 83.8 Å². The third-order valence-corrected chi connectivity index (χ3v) is 16.0. The van der Waals surface area contributed by atoms with Gasteiger partial charge < -0.3 is 105 Å². The van der Waals surface area contributed by atoms with Gasteiger partial charge in [0.15, 0.2) is 18.9 Å². The minimum Gasteiger partial charge on any atom is -0.394 e. The first-order chi connectivity index (χ1) is 42.1. The topological polar surface area (TPSA) is 404 Å². The molecule has 3 saturated heterocycles. The standard InChI is InChI=1S/C61H109N3O24/c1-39(2)33-61(85-32-23-45(70)17-14-26-64-51(73)20-8-11-29-84-60-42(5)54(76)57(79)48(36-67)88-60,37-80-30-21-43(68)15-12-24-62-49(71)18-6-9-27-82-58-40(3)52(74)55(77)46(34-65)86-58)38-81-31-22-44(69)16-13-25-63-50(72)19-7-10-28-83-59-41(4)53(75)56(78)47(35-66)87-59/h39-42,46-48,52-60,65-67,74-79H,6-38H2,1-5H3,(H,62,71)(H,63,72)(H,64,73)/t40?,41?,42?,46?,47?,48?,52-,53-,54-,55+,56+,57+,58-,59-,60-,61?/m1/s1. The van der Waals surface area contributed by atoms with Gasteiger partial charge >= 0.3 is 0 Å². The molecule has 3 aliphatic heterocycles. The molecule has 0 aromatic carbocycles. The quantitative estimate of drug-likeness (QED) is 0.0361. The average molecular weight is 1270 g/mol. The number of ether oxygens (including phenoxy) is 9. The lowest BCUT2D eigenvalue weighted by Crippen LogP contribution is -2.55. The van der Waals surface area contributed by atoms with Crippen LogP contribution in [0.4, 0.5) is 0 Å². The molecule has 3 rings (SSSR count). The van der Waals surface area contributed by atoms with Gasteiger partial charge in [0.05, 0.1) is 71.2 Å². The van der Waals surface area contributed by atoms with E-state index in [4.69, 9.17) is 42.6 Å². The molecule has 3 aliphatic rings. The van der Waals surface area contributed by atoms with Gasteiger partial charge in [-0.05, 0) is 70.1 Å². The van der Waals surface area contributed by atoms with E-state index in [1.807, 2.05) is 13.8 Å². The summed E-state index contributed by atoms with van der Waals surface area (Å²) in [4.78, 5) is 76.3. The van der Waals surface area contributed by atoms with E-state index >= 15 is 0 Å². The van der Waals surface area contributed by atoms with Gasteiger partial charge in [-0.15, -0.1) is 0 Å². The number of nitrogens with one attached hydrogen (secondary N) is 3. The number of ketones is 3. The van der Waals surface area contributed by atoms with Crippen LogP contribution in [0, 0.1) is 23.7 Å². The summed E-state index contributed by atoms with van der Waals surface area (Å²) in [6, 6.07) is 0. The molecular weight excluding hydrogens is 1160 g/mol. The molecular formula is C61H109N3O24. The zero-order valence-corrected chi connectivity index (χ0v) is 52.7. The van der Waals surface area contributed by atoms with E-state index in [1.165, 1.54) is 0 Å². The normalized spacial score (nSPS) is 28.1. The van der Waals surface area contributed by atoms with Gasteiger partial charge in [-0.3, -0.25) is 28.8 Å². The average Bonchev–Trinajstić information content (AvgIpc) is 1.38. The lowest BCUT2D eigenvalue weighted by atomic mass is 9.92. The summed E-state index contributed by atoms with van der Waals surface area (Å²) < 4.78 is 52.5. The molecule has 0 aromatic heterocycles. The van der Waals surface area contributed by atoms with Crippen molar-refractivity contribution < 1.29 is 117 Å². The van der Waals surface area contributed by atoms with Crippen LogP contribution < -0.4 is 16.0 Å². The van der Waals surface area contributed by atoms with Gasteiger partial charge in [0.2, 0.25) is 17.7 Å². The third-order valence-electron chi connectivity index (χ3n) is 16.0. The van der Waals surface area contributed by atoms with Crippen LogP contribution in [-0.4, -0.2) is 253 Å². The Morgan fingerprint density at radius 1 is 0.409 bits per heavy atom. The van der Waals surface area contributed by atoms with Crippen molar-refractivity contribution in [1.29, 1.82) is 0 Å². The van der Waals surface area contributed by atoms with Gasteiger partial charge in [0.1, 0.15) is 59.6 Å². The third kappa shape index (κ3) is 30.0. The lowest BCUT2D eigenvalue weighted by molar-refractivity contribution is -0.282. The molecule has 0 bridgehead atoms. The van der Waals surface area contributed by atoms with Crippen molar-refractivity contribution in [2.75, 3.05) is 92.3 Å². The number of amides is 3. The number of carbonyl (C=O) groups is 6. The summed E-state index contributed by atoms with van der Waals surface area (Å²) in [6.07, 6.45) is -5.68. The molecule has 6 unspecified atom stereocenters.